The molecule has 0 N–H and O–H groups in total. The van der Waals surface area contributed by atoms with Gasteiger partial charge in [0, 0.05) is 23.0 Å². The van der Waals surface area contributed by atoms with Crippen LogP contribution in [0.3, 0.4) is 0 Å². The summed E-state index contributed by atoms with van der Waals surface area (Å²) >= 11 is 0. The molecule has 46 heavy (non-hydrogen) atoms. The lowest BCUT2D eigenvalue weighted by Crippen LogP contribution is -2.07. The molecule has 0 radical (unpaired) electrons. The van der Waals surface area contributed by atoms with Crippen LogP contribution in [0.5, 0.6) is 0 Å². The van der Waals surface area contributed by atoms with Gasteiger partial charge in [0.25, 0.3) is 0 Å². The SMILES string of the molecule is C1=C(c2ccccc2)OC(c2ccc(-c3ccc(C4OC(c5ccccc5)=CC4c4ccccc4)cc3)cc2)C1c1ccccc1. The van der Waals surface area contributed by atoms with E-state index in [9.17, 15) is 0 Å². The molecule has 0 saturated heterocycles. The number of benzene rings is 6. The maximum atomic E-state index is 6.65. The third-order valence-electron chi connectivity index (χ3n) is 9.12. The predicted octanol–water partition coefficient (Wildman–Crippen LogP) is 11.1. The summed E-state index contributed by atoms with van der Waals surface area (Å²) in [5.74, 6) is 2.15. The zero-order chi connectivity index (χ0) is 30.7. The van der Waals surface area contributed by atoms with Crippen LogP contribution in [-0.2, 0) is 9.47 Å². The van der Waals surface area contributed by atoms with Crippen molar-refractivity contribution in [3.05, 3.63) is 215 Å². The fourth-order valence-corrected chi connectivity index (χ4v) is 6.71. The fraction of sp³-hybridized carbons (Fsp3) is 0.0909. The largest absolute Gasteiger partial charge is 0.484 e. The van der Waals surface area contributed by atoms with Crippen molar-refractivity contribution in [1.29, 1.82) is 0 Å². The minimum atomic E-state index is -0.0882. The topological polar surface area (TPSA) is 18.5 Å². The molecule has 0 aromatic heterocycles. The molecule has 6 aromatic carbocycles. The van der Waals surface area contributed by atoms with Crippen LogP contribution in [0.15, 0.2) is 182 Å². The van der Waals surface area contributed by atoms with Crippen LogP contribution in [0, 0.1) is 0 Å². The Kier molecular flexibility index (Phi) is 7.54. The van der Waals surface area contributed by atoms with Crippen molar-refractivity contribution in [2.75, 3.05) is 0 Å². The molecule has 0 fully saturated rings. The Bertz CT molecular complexity index is 1810. The fourth-order valence-electron chi connectivity index (χ4n) is 6.71. The molecule has 0 amide bonds. The average molecular weight is 595 g/mol. The minimum Gasteiger partial charge on any atom is -0.484 e. The zero-order valence-corrected chi connectivity index (χ0v) is 25.4. The molecule has 6 aromatic rings. The number of hydrogen-bond donors (Lipinski definition) is 0. The molecule has 0 bridgehead atoms. The molecule has 8 rings (SSSR count). The first-order chi connectivity index (χ1) is 22.8. The highest BCUT2D eigenvalue weighted by Crippen LogP contribution is 2.47. The van der Waals surface area contributed by atoms with Crippen molar-refractivity contribution in [2.24, 2.45) is 0 Å². The average Bonchev–Trinajstić information content (AvgIpc) is 3.80. The summed E-state index contributed by atoms with van der Waals surface area (Å²) in [6.45, 7) is 0. The van der Waals surface area contributed by atoms with E-state index in [1.807, 2.05) is 12.1 Å². The lowest BCUT2D eigenvalue weighted by atomic mass is 9.88. The Morgan fingerprint density at radius 3 is 0.957 bits per heavy atom. The first-order valence-electron chi connectivity index (χ1n) is 16.0. The molecule has 0 aliphatic carbocycles. The molecule has 4 unspecified atom stereocenters. The van der Waals surface area contributed by atoms with Gasteiger partial charge >= 0.3 is 0 Å². The number of ether oxygens (including phenoxy) is 2. The van der Waals surface area contributed by atoms with Gasteiger partial charge in [0.15, 0.2) is 0 Å². The molecular formula is C44H34O2. The quantitative estimate of drug-likeness (QED) is 0.183. The molecule has 2 nitrogen and oxygen atoms in total. The molecule has 222 valence electrons. The summed E-state index contributed by atoms with van der Waals surface area (Å²) in [5, 5.41) is 0. The summed E-state index contributed by atoms with van der Waals surface area (Å²) in [5.41, 5.74) is 9.41. The van der Waals surface area contributed by atoms with Crippen LogP contribution < -0.4 is 0 Å². The van der Waals surface area contributed by atoms with Gasteiger partial charge in [-0.1, -0.05) is 170 Å². The zero-order valence-electron chi connectivity index (χ0n) is 25.4. The Balaban J connectivity index is 1.04. The van der Waals surface area contributed by atoms with Crippen LogP contribution in [0.1, 0.15) is 57.4 Å². The monoisotopic (exact) mass is 594 g/mol. The third kappa shape index (κ3) is 5.55. The van der Waals surface area contributed by atoms with Gasteiger partial charge in [0.2, 0.25) is 0 Å². The first kappa shape index (κ1) is 27.9. The smallest absolute Gasteiger partial charge is 0.134 e. The summed E-state index contributed by atoms with van der Waals surface area (Å²) in [6, 6.07) is 59.8. The molecule has 0 saturated carbocycles. The second kappa shape index (κ2) is 12.4. The standard InChI is InChI=1S/C44H34O2/c1-5-13-33(14-6-1)39-29-41(35-17-9-3-10-18-35)45-43(39)37-25-21-31(22-26-37)32-23-27-38(28-24-32)44-40(34-15-7-2-8-16-34)30-42(46-44)36-19-11-4-12-20-36/h1-30,39-40,43-44H. The van der Waals surface area contributed by atoms with Crippen molar-refractivity contribution in [1.82, 2.24) is 0 Å². The van der Waals surface area contributed by atoms with Crippen molar-refractivity contribution in [2.45, 2.75) is 24.0 Å². The molecule has 2 heteroatoms. The predicted molar refractivity (Wildman–Crippen MR) is 187 cm³/mol. The lowest BCUT2D eigenvalue weighted by Gasteiger charge is -2.21. The van der Waals surface area contributed by atoms with Crippen LogP contribution in [0.4, 0.5) is 0 Å². The van der Waals surface area contributed by atoms with Gasteiger partial charge in [-0.05, 0) is 45.5 Å². The van der Waals surface area contributed by atoms with E-state index in [1.54, 1.807) is 0 Å². The van der Waals surface area contributed by atoms with Crippen molar-refractivity contribution >= 4 is 11.5 Å². The summed E-state index contributed by atoms with van der Waals surface area (Å²) in [4.78, 5) is 0. The molecule has 2 aliphatic heterocycles. The maximum absolute atomic E-state index is 6.65. The minimum absolute atomic E-state index is 0.0882. The van der Waals surface area contributed by atoms with Gasteiger partial charge in [-0.25, -0.2) is 0 Å². The van der Waals surface area contributed by atoms with Crippen molar-refractivity contribution in [3.63, 3.8) is 0 Å². The van der Waals surface area contributed by atoms with E-state index in [0.29, 0.717) is 0 Å². The van der Waals surface area contributed by atoms with E-state index in [2.05, 4.69) is 170 Å². The van der Waals surface area contributed by atoms with Gasteiger partial charge in [-0.3, -0.25) is 0 Å². The van der Waals surface area contributed by atoms with E-state index >= 15 is 0 Å². The van der Waals surface area contributed by atoms with Gasteiger partial charge in [-0.15, -0.1) is 0 Å². The van der Waals surface area contributed by atoms with E-state index in [1.165, 1.54) is 33.4 Å². The van der Waals surface area contributed by atoms with E-state index in [4.69, 9.17) is 9.47 Å². The Hall–Kier alpha value is -5.60. The maximum Gasteiger partial charge on any atom is 0.134 e. The first-order valence-corrected chi connectivity index (χ1v) is 16.0. The van der Waals surface area contributed by atoms with Crippen LogP contribution in [0.2, 0.25) is 0 Å². The molecule has 0 spiro atoms. The Morgan fingerprint density at radius 1 is 0.283 bits per heavy atom. The van der Waals surface area contributed by atoms with Crippen LogP contribution >= 0.6 is 0 Å². The van der Waals surface area contributed by atoms with E-state index in [-0.39, 0.29) is 24.0 Å². The van der Waals surface area contributed by atoms with Gasteiger partial charge in [0.05, 0.1) is 0 Å². The highest BCUT2D eigenvalue weighted by atomic mass is 16.5. The Labute approximate surface area is 270 Å². The van der Waals surface area contributed by atoms with E-state index < -0.39 is 0 Å². The molecule has 4 atom stereocenters. The normalized spacial score (nSPS) is 20.3. The van der Waals surface area contributed by atoms with E-state index in [0.717, 1.165) is 22.6 Å². The number of rotatable bonds is 7. The van der Waals surface area contributed by atoms with Gasteiger partial charge < -0.3 is 9.47 Å². The summed E-state index contributed by atoms with van der Waals surface area (Å²) < 4.78 is 13.3. The number of hydrogen-bond acceptors (Lipinski definition) is 2. The second-order valence-electron chi connectivity index (χ2n) is 12.0. The second-order valence-corrected chi connectivity index (χ2v) is 12.0. The molecular weight excluding hydrogens is 560 g/mol. The summed E-state index contributed by atoms with van der Waals surface area (Å²) in [6.07, 6.45) is 4.37. The summed E-state index contributed by atoms with van der Waals surface area (Å²) in [7, 11) is 0. The molecule has 2 aliphatic rings. The highest BCUT2D eigenvalue weighted by Gasteiger charge is 2.34. The molecule has 2 heterocycles. The highest BCUT2D eigenvalue weighted by molar-refractivity contribution is 5.68. The van der Waals surface area contributed by atoms with Crippen molar-refractivity contribution in [3.8, 4) is 11.1 Å². The van der Waals surface area contributed by atoms with Crippen LogP contribution in [-0.4, -0.2) is 0 Å². The van der Waals surface area contributed by atoms with Gasteiger partial charge in [-0.2, -0.15) is 0 Å². The van der Waals surface area contributed by atoms with Crippen molar-refractivity contribution < 1.29 is 9.47 Å². The lowest BCUT2D eigenvalue weighted by molar-refractivity contribution is 0.178. The van der Waals surface area contributed by atoms with Gasteiger partial charge in [0.1, 0.15) is 23.7 Å². The third-order valence-corrected chi connectivity index (χ3v) is 9.12. The van der Waals surface area contributed by atoms with Crippen LogP contribution in [0.25, 0.3) is 22.6 Å². The Morgan fingerprint density at radius 2 is 0.609 bits per heavy atom.